The fourth-order valence-corrected chi connectivity index (χ4v) is 2.08. The lowest BCUT2D eigenvalue weighted by Gasteiger charge is -2.03. The molecule has 2 aromatic rings. The van der Waals surface area contributed by atoms with Crippen LogP contribution in [0, 0.1) is 33.5 Å². The van der Waals surface area contributed by atoms with Gasteiger partial charge in [-0.05, 0) is 62.6 Å². The number of halogens is 1. The third-order valence-corrected chi connectivity index (χ3v) is 3.34. The molecule has 18 heavy (non-hydrogen) atoms. The van der Waals surface area contributed by atoms with Gasteiger partial charge in [-0.15, -0.1) is 0 Å². The first kappa shape index (κ1) is 12.6. The predicted octanol–water partition coefficient (Wildman–Crippen LogP) is 3.62. The fraction of sp³-hybridized carbons (Fsp3) is 0.267. The second-order valence-corrected chi connectivity index (χ2v) is 4.72. The SMILES string of the molecule is Cc1cc(F)cc(C(=O)c2[nH]c(C)c(C)c2C)c1. The van der Waals surface area contributed by atoms with Crippen molar-refractivity contribution in [3.05, 3.63) is 57.7 Å². The van der Waals surface area contributed by atoms with E-state index >= 15 is 0 Å². The summed E-state index contributed by atoms with van der Waals surface area (Å²) in [5, 5.41) is 0. The maximum absolute atomic E-state index is 13.3. The lowest BCUT2D eigenvalue weighted by Crippen LogP contribution is -2.05. The Morgan fingerprint density at radius 1 is 1.06 bits per heavy atom. The van der Waals surface area contributed by atoms with Crippen molar-refractivity contribution >= 4 is 5.78 Å². The van der Waals surface area contributed by atoms with Gasteiger partial charge in [-0.25, -0.2) is 4.39 Å². The van der Waals surface area contributed by atoms with E-state index in [2.05, 4.69) is 4.98 Å². The minimum atomic E-state index is -0.379. The highest BCUT2D eigenvalue weighted by Gasteiger charge is 2.17. The number of carbonyl (C=O) groups is 1. The van der Waals surface area contributed by atoms with E-state index in [1.54, 1.807) is 13.0 Å². The van der Waals surface area contributed by atoms with Crippen LogP contribution in [0.15, 0.2) is 18.2 Å². The second kappa shape index (κ2) is 4.41. The summed E-state index contributed by atoms with van der Waals surface area (Å²) in [6.45, 7) is 7.57. The average Bonchev–Trinajstić information content (AvgIpc) is 2.55. The Bertz CT molecular complexity index is 605. The molecule has 0 atom stereocenters. The first-order valence-electron chi connectivity index (χ1n) is 5.88. The van der Waals surface area contributed by atoms with Crippen LogP contribution >= 0.6 is 0 Å². The van der Waals surface area contributed by atoms with Crippen LogP contribution in [0.2, 0.25) is 0 Å². The summed E-state index contributed by atoms with van der Waals surface area (Å²) in [5.41, 5.74) is 4.66. The summed E-state index contributed by atoms with van der Waals surface area (Å²) >= 11 is 0. The van der Waals surface area contributed by atoms with Gasteiger partial charge < -0.3 is 4.98 Å². The Balaban J connectivity index is 2.51. The molecule has 1 heterocycles. The number of hydrogen-bond donors (Lipinski definition) is 1. The molecule has 0 unspecified atom stereocenters. The summed E-state index contributed by atoms with van der Waals surface area (Å²) in [5.74, 6) is -0.540. The largest absolute Gasteiger partial charge is 0.356 e. The van der Waals surface area contributed by atoms with Gasteiger partial charge in [0.25, 0.3) is 0 Å². The molecule has 1 N–H and O–H groups in total. The molecule has 0 bridgehead atoms. The number of aromatic nitrogens is 1. The van der Waals surface area contributed by atoms with E-state index in [0.29, 0.717) is 11.3 Å². The van der Waals surface area contributed by atoms with E-state index in [1.165, 1.54) is 12.1 Å². The van der Waals surface area contributed by atoms with Crippen LogP contribution in [0.4, 0.5) is 4.39 Å². The average molecular weight is 245 g/mol. The fourth-order valence-electron chi connectivity index (χ4n) is 2.08. The maximum atomic E-state index is 13.3. The molecule has 0 aliphatic heterocycles. The smallest absolute Gasteiger partial charge is 0.209 e. The molecule has 94 valence electrons. The quantitative estimate of drug-likeness (QED) is 0.805. The van der Waals surface area contributed by atoms with Crippen molar-refractivity contribution < 1.29 is 9.18 Å². The van der Waals surface area contributed by atoms with Gasteiger partial charge in [0.15, 0.2) is 0 Å². The van der Waals surface area contributed by atoms with E-state index in [-0.39, 0.29) is 11.6 Å². The molecule has 0 aliphatic carbocycles. The highest BCUT2D eigenvalue weighted by Crippen LogP contribution is 2.20. The normalized spacial score (nSPS) is 10.7. The maximum Gasteiger partial charge on any atom is 0.209 e. The first-order valence-corrected chi connectivity index (χ1v) is 5.88. The van der Waals surface area contributed by atoms with Crippen LogP contribution in [-0.2, 0) is 0 Å². The minimum Gasteiger partial charge on any atom is -0.356 e. The van der Waals surface area contributed by atoms with E-state index in [1.807, 2.05) is 20.8 Å². The molecule has 0 spiro atoms. The zero-order chi connectivity index (χ0) is 13.4. The predicted molar refractivity (Wildman–Crippen MR) is 69.6 cm³/mol. The molecule has 0 saturated carbocycles. The minimum absolute atomic E-state index is 0.161. The molecular weight excluding hydrogens is 229 g/mol. The molecule has 0 radical (unpaired) electrons. The van der Waals surface area contributed by atoms with Crippen molar-refractivity contribution in [2.45, 2.75) is 27.7 Å². The third-order valence-electron chi connectivity index (χ3n) is 3.34. The van der Waals surface area contributed by atoms with Gasteiger partial charge in [-0.2, -0.15) is 0 Å². The molecule has 2 nitrogen and oxygen atoms in total. The van der Waals surface area contributed by atoms with Crippen molar-refractivity contribution in [1.29, 1.82) is 0 Å². The number of ketones is 1. The van der Waals surface area contributed by atoms with E-state index in [0.717, 1.165) is 22.4 Å². The Morgan fingerprint density at radius 2 is 1.72 bits per heavy atom. The lowest BCUT2D eigenvalue weighted by atomic mass is 10.0. The van der Waals surface area contributed by atoms with Crippen LogP contribution in [0.1, 0.15) is 38.4 Å². The molecule has 0 amide bonds. The van der Waals surface area contributed by atoms with Gasteiger partial charge in [-0.1, -0.05) is 0 Å². The van der Waals surface area contributed by atoms with E-state index in [9.17, 15) is 9.18 Å². The summed E-state index contributed by atoms with van der Waals surface area (Å²) in [6.07, 6.45) is 0. The Morgan fingerprint density at radius 3 is 2.22 bits per heavy atom. The zero-order valence-electron chi connectivity index (χ0n) is 11.0. The molecule has 1 aromatic heterocycles. The number of rotatable bonds is 2. The molecule has 0 saturated heterocycles. The lowest BCUT2D eigenvalue weighted by molar-refractivity contribution is 0.103. The summed E-state index contributed by atoms with van der Waals surface area (Å²) in [4.78, 5) is 15.4. The van der Waals surface area contributed by atoms with Gasteiger partial charge in [0, 0.05) is 11.3 Å². The number of carbonyl (C=O) groups excluding carboxylic acids is 1. The number of benzene rings is 1. The molecule has 0 fully saturated rings. The van der Waals surface area contributed by atoms with Crippen LogP contribution < -0.4 is 0 Å². The van der Waals surface area contributed by atoms with Crippen molar-refractivity contribution in [1.82, 2.24) is 4.98 Å². The summed E-state index contributed by atoms with van der Waals surface area (Å²) < 4.78 is 13.3. The Kier molecular flexibility index (Phi) is 3.07. The molecule has 1 aromatic carbocycles. The van der Waals surface area contributed by atoms with Crippen molar-refractivity contribution in [3.63, 3.8) is 0 Å². The zero-order valence-corrected chi connectivity index (χ0v) is 11.0. The first-order chi connectivity index (χ1) is 8.40. The number of H-pyrrole nitrogens is 1. The molecule has 3 heteroatoms. The molecule has 2 rings (SSSR count). The van der Waals surface area contributed by atoms with Crippen LogP contribution in [0.5, 0.6) is 0 Å². The third kappa shape index (κ3) is 2.08. The number of nitrogens with one attached hydrogen (secondary N) is 1. The van der Waals surface area contributed by atoms with Gasteiger partial charge in [0.05, 0.1) is 5.69 Å². The topological polar surface area (TPSA) is 32.9 Å². The van der Waals surface area contributed by atoms with Crippen molar-refractivity contribution in [2.75, 3.05) is 0 Å². The molecular formula is C15H16FNO. The number of hydrogen-bond acceptors (Lipinski definition) is 1. The van der Waals surface area contributed by atoms with Crippen molar-refractivity contribution in [3.8, 4) is 0 Å². The Labute approximate surface area is 106 Å². The summed E-state index contributed by atoms with van der Waals surface area (Å²) in [7, 11) is 0. The highest BCUT2D eigenvalue weighted by molar-refractivity contribution is 6.09. The summed E-state index contributed by atoms with van der Waals surface area (Å²) in [6, 6.07) is 4.39. The van der Waals surface area contributed by atoms with Gasteiger partial charge in [0.2, 0.25) is 5.78 Å². The monoisotopic (exact) mass is 245 g/mol. The standard InChI is InChI=1S/C15H16FNO/c1-8-5-12(7-13(16)6-8)15(18)14-10(3)9(2)11(4)17-14/h5-7,17H,1-4H3. The van der Waals surface area contributed by atoms with Crippen LogP contribution in [0.3, 0.4) is 0 Å². The van der Waals surface area contributed by atoms with E-state index < -0.39 is 0 Å². The van der Waals surface area contributed by atoms with Crippen molar-refractivity contribution in [2.24, 2.45) is 0 Å². The highest BCUT2D eigenvalue weighted by atomic mass is 19.1. The van der Waals surface area contributed by atoms with Crippen LogP contribution in [0.25, 0.3) is 0 Å². The van der Waals surface area contributed by atoms with Crippen LogP contribution in [-0.4, -0.2) is 10.8 Å². The Hall–Kier alpha value is -1.90. The molecule has 0 aliphatic rings. The van der Waals surface area contributed by atoms with Gasteiger partial charge in [0.1, 0.15) is 5.82 Å². The van der Waals surface area contributed by atoms with Gasteiger partial charge in [-0.3, -0.25) is 4.79 Å². The van der Waals surface area contributed by atoms with E-state index in [4.69, 9.17) is 0 Å². The van der Waals surface area contributed by atoms with Gasteiger partial charge >= 0.3 is 0 Å². The number of aromatic amines is 1. The second-order valence-electron chi connectivity index (χ2n) is 4.72. The number of aryl methyl sites for hydroxylation is 2.